The molecule has 0 unspecified atom stereocenters. The summed E-state index contributed by atoms with van der Waals surface area (Å²) in [5, 5.41) is 4.48. The van der Waals surface area contributed by atoms with E-state index in [1.54, 1.807) is 42.0 Å². The largest absolute Gasteiger partial charge is 0.287 e. The van der Waals surface area contributed by atoms with Crippen LogP contribution in [-0.4, -0.2) is 15.6 Å². The molecule has 3 heteroatoms. The van der Waals surface area contributed by atoms with Gasteiger partial charge in [0.05, 0.1) is 11.4 Å². The van der Waals surface area contributed by atoms with Crippen LogP contribution in [0, 0.1) is 0 Å². The highest BCUT2D eigenvalue weighted by Gasteiger charge is 2.18. The third-order valence-corrected chi connectivity index (χ3v) is 3.43. The van der Waals surface area contributed by atoms with Crippen molar-refractivity contribution >= 4 is 17.1 Å². The Hall–Kier alpha value is -2.94. The Morgan fingerprint density at radius 2 is 1.59 bits per heavy atom. The lowest BCUT2D eigenvalue weighted by molar-refractivity contribution is 0.103. The summed E-state index contributed by atoms with van der Waals surface area (Å²) in [4.78, 5) is 12.6. The van der Waals surface area contributed by atoms with Gasteiger partial charge in [-0.25, -0.2) is 4.68 Å². The first kappa shape index (κ1) is 30.8. The van der Waals surface area contributed by atoms with Crippen molar-refractivity contribution in [2.45, 2.75) is 55.9 Å². The maximum Gasteiger partial charge on any atom is 0.212 e. The monoisotopic (exact) mass is 396 g/mol. The number of carbonyl (C=O) groups excluding carboxylic acids is 1. The normalized spacial score (nSPS) is 11.3. The van der Waals surface area contributed by atoms with E-state index in [9.17, 15) is 4.79 Å². The van der Waals surface area contributed by atoms with E-state index < -0.39 is 0 Å². The minimum absolute atomic E-state index is 0. The highest BCUT2D eigenvalue weighted by atomic mass is 16.1. The molecule has 1 rings (SSSR count). The molecule has 0 saturated heterocycles. The maximum atomic E-state index is 12.6. The van der Waals surface area contributed by atoms with Crippen LogP contribution in [0.25, 0.3) is 11.3 Å². The third-order valence-electron chi connectivity index (χ3n) is 3.43. The number of carbonyl (C=O) groups is 1. The van der Waals surface area contributed by atoms with E-state index in [1.165, 1.54) is 6.08 Å². The Bertz CT molecular complexity index is 769. The summed E-state index contributed by atoms with van der Waals surface area (Å²) in [5.41, 5.74) is 3.39. The molecule has 0 aliphatic carbocycles. The van der Waals surface area contributed by atoms with Gasteiger partial charge in [0.15, 0.2) is 0 Å². The number of nitrogens with zero attached hydrogens (tertiary/aromatic N) is 2. The predicted octanol–water partition coefficient (Wildman–Crippen LogP) is 8.08. The van der Waals surface area contributed by atoms with Crippen molar-refractivity contribution in [3.05, 3.63) is 91.4 Å². The van der Waals surface area contributed by atoms with Gasteiger partial charge in [-0.1, -0.05) is 91.3 Å². The SMILES string of the molecule is C.C=C/C=C(\C=C)n1nc(C(=O)/C(C=C)=C/C)cc1C(/C=C\C)=C/C.CC.CC. The first-order chi connectivity index (χ1) is 13.6. The molecule has 0 spiro atoms. The van der Waals surface area contributed by atoms with Crippen molar-refractivity contribution in [2.24, 2.45) is 0 Å². The van der Waals surface area contributed by atoms with Gasteiger partial charge in [0.25, 0.3) is 0 Å². The minimum atomic E-state index is -0.162. The highest BCUT2D eigenvalue weighted by Crippen LogP contribution is 2.23. The molecule has 1 aromatic heterocycles. The van der Waals surface area contributed by atoms with E-state index in [0.29, 0.717) is 11.3 Å². The first-order valence-electron chi connectivity index (χ1n) is 9.76. The second kappa shape index (κ2) is 18.4. The molecule has 0 radical (unpaired) electrons. The average Bonchev–Trinajstić information content (AvgIpc) is 3.18. The van der Waals surface area contributed by atoms with Crippen molar-refractivity contribution in [3.8, 4) is 0 Å². The molecule has 0 amide bonds. The third kappa shape index (κ3) is 8.73. The Balaban J connectivity index is -0.00000127. The standard InChI is InChI=1S/C21H24N2O.2C2H6.CH4/c1-7-13-17(11-5)20-15-19(21(24)16(9-3)10-4)22-23(20)18(12-6)14-8-2;2*1-2;/h7-15H,2-3,6H2,1,4-5H3;2*1-2H3;1H4/b13-7-,16-10+,17-11+,18-14+;;;. The van der Waals surface area contributed by atoms with E-state index >= 15 is 0 Å². The second-order valence-electron chi connectivity index (χ2n) is 4.88. The molecule has 0 bridgehead atoms. The van der Waals surface area contributed by atoms with Crippen LogP contribution >= 0.6 is 0 Å². The number of rotatable bonds is 8. The average molecular weight is 397 g/mol. The van der Waals surface area contributed by atoms with Crippen LogP contribution in [-0.2, 0) is 0 Å². The highest BCUT2D eigenvalue weighted by molar-refractivity contribution is 6.09. The summed E-state index contributed by atoms with van der Waals surface area (Å²) in [6, 6.07) is 1.78. The second-order valence-corrected chi connectivity index (χ2v) is 4.88. The van der Waals surface area contributed by atoms with Gasteiger partial charge in [0.2, 0.25) is 5.78 Å². The van der Waals surface area contributed by atoms with Crippen molar-refractivity contribution in [3.63, 3.8) is 0 Å². The van der Waals surface area contributed by atoms with Crippen LogP contribution in [0.1, 0.15) is 72.1 Å². The number of ketones is 1. The van der Waals surface area contributed by atoms with Crippen molar-refractivity contribution < 1.29 is 4.79 Å². The van der Waals surface area contributed by atoms with Gasteiger partial charge in [0, 0.05) is 5.57 Å². The minimum Gasteiger partial charge on any atom is -0.287 e. The summed E-state index contributed by atoms with van der Waals surface area (Å²) in [6.07, 6.45) is 14.3. The number of hydrogen-bond acceptors (Lipinski definition) is 2. The van der Waals surface area contributed by atoms with Gasteiger partial charge in [-0.05, 0) is 44.6 Å². The number of allylic oxidation sites excluding steroid dienone is 11. The van der Waals surface area contributed by atoms with Crippen LogP contribution in [0.15, 0.2) is 80.0 Å². The fraction of sp³-hybridized carbons (Fsp3) is 0.308. The van der Waals surface area contributed by atoms with Gasteiger partial charge in [-0.3, -0.25) is 4.79 Å². The molecule has 0 aromatic carbocycles. The number of Topliss-reactive ketones (excluding diaryl/α,β-unsaturated/α-hetero) is 1. The molecule has 29 heavy (non-hydrogen) atoms. The van der Waals surface area contributed by atoms with Gasteiger partial charge < -0.3 is 0 Å². The molecule has 0 aliphatic heterocycles. The summed E-state index contributed by atoms with van der Waals surface area (Å²) in [5.74, 6) is -0.162. The van der Waals surface area contributed by atoms with Crippen LogP contribution in [0.5, 0.6) is 0 Å². The molecule has 1 heterocycles. The predicted molar refractivity (Wildman–Crippen MR) is 133 cm³/mol. The van der Waals surface area contributed by atoms with Gasteiger partial charge in [-0.2, -0.15) is 5.10 Å². The van der Waals surface area contributed by atoms with E-state index in [2.05, 4.69) is 24.8 Å². The molecular formula is C26H40N2O. The Morgan fingerprint density at radius 3 is 1.97 bits per heavy atom. The molecule has 0 fully saturated rings. The van der Waals surface area contributed by atoms with Crippen LogP contribution in [0.2, 0.25) is 0 Å². The molecule has 1 aromatic rings. The molecule has 0 saturated carbocycles. The molecular weight excluding hydrogens is 356 g/mol. The van der Waals surface area contributed by atoms with E-state index in [-0.39, 0.29) is 13.2 Å². The lowest BCUT2D eigenvalue weighted by Crippen LogP contribution is -2.05. The lowest BCUT2D eigenvalue weighted by atomic mass is 10.1. The Morgan fingerprint density at radius 1 is 1.00 bits per heavy atom. The van der Waals surface area contributed by atoms with Gasteiger partial charge >= 0.3 is 0 Å². The molecule has 160 valence electrons. The van der Waals surface area contributed by atoms with Gasteiger partial charge in [-0.15, -0.1) is 0 Å². The lowest BCUT2D eigenvalue weighted by Gasteiger charge is -2.08. The topological polar surface area (TPSA) is 34.9 Å². The summed E-state index contributed by atoms with van der Waals surface area (Å²) >= 11 is 0. The Kier molecular flexibility index (Phi) is 19.6. The fourth-order valence-corrected chi connectivity index (χ4v) is 2.24. The van der Waals surface area contributed by atoms with E-state index in [0.717, 1.165) is 17.0 Å². The molecule has 0 aliphatic rings. The summed E-state index contributed by atoms with van der Waals surface area (Å²) in [6.45, 7) is 24.9. The first-order valence-corrected chi connectivity index (χ1v) is 9.76. The van der Waals surface area contributed by atoms with E-state index in [4.69, 9.17) is 0 Å². The smallest absolute Gasteiger partial charge is 0.212 e. The van der Waals surface area contributed by atoms with Crippen LogP contribution in [0.3, 0.4) is 0 Å². The zero-order chi connectivity index (χ0) is 22.1. The zero-order valence-electron chi connectivity index (χ0n) is 18.6. The molecule has 0 atom stereocenters. The van der Waals surface area contributed by atoms with Crippen molar-refractivity contribution in [1.82, 2.24) is 9.78 Å². The Labute approximate surface area is 179 Å². The number of aromatic nitrogens is 2. The van der Waals surface area contributed by atoms with Crippen molar-refractivity contribution in [2.75, 3.05) is 0 Å². The molecule has 3 nitrogen and oxygen atoms in total. The van der Waals surface area contributed by atoms with Crippen LogP contribution in [0.4, 0.5) is 0 Å². The van der Waals surface area contributed by atoms with Gasteiger partial charge in [0.1, 0.15) is 5.69 Å². The van der Waals surface area contributed by atoms with E-state index in [1.807, 2.05) is 59.8 Å². The van der Waals surface area contributed by atoms with Crippen molar-refractivity contribution in [1.29, 1.82) is 0 Å². The quantitative estimate of drug-likeness (QED) is 0.253. The summed E-state index contributed by atoms with van der Waals surface area (Å²) in [7, 11) is 0. The maximum absolute atomic E-state index is 12.6. The molecule has 0 N–H and O–H groups in total. The fourth-order valence-electron chi connectivity index (χ4n) is 2.24. The number of hydrogen-bond donors (Lipinski definition) is 0. The zero-order valence-corrected chi connectivity index (χ0v) is 18.6. The summed E-state index contributed by atoms with van der Waals surface area (Å²) < 4.78 is 1.70. The van der Waals surface area contributed by atoms with Crippen LogP contribution < -0.4 is 0 Å².